The predicted molar refractivity (Wildman–Crippen MR) is 77.9 cm³/mol. The van der Waals surface area contributed by atoms with Crippen molar-refractivity contribution < 1.29 is 0 Å². The van der Waals surface area contributed by atoms with Gasteiger partial charge >= 0.3 is 0 Å². The van der Waals surface area contributed by atoms with E-state index in [1.165, 1.54) is 16.5 Å². The molecule has 2 rings (SSSR count). The van der Waals surface area contributed by atoms with Crippen molar-refractivity contribution in [2.24, 2.45) is 5.73 Å². The number of aromatic nitrogens is 1. The number of benzene rings is 1. The number of pyridine rings is 1. The van der Waals surface area contributed by atoms with Gasteiger partial charge in [-0.15, -0.1) is 0 Å². The number of rotatable bonds is 4. The molecule has 0 bridgehead atoms. The van der Waals surface area contributed by atoms with Crippen LogP contribution in [0.1, 0.15) is 43.0 Å². The lowest BCUT2D eigenvalue weighted by atomic mass is 9.97. The van der Waals surface area contributed by atoms with Crippen LogP contribution in [0.2, 0.25) is 0 Å². The van der Waals surface area contributed by atoms with E-state index in [1.54, 1.807) is 0 Å². The highest BCUT2D eigenvalue weighted by atomic mass is 14.7. The van der Waals surface area contributed by atoms with Crippen LogP contribution in [0.5, 0.6) is 0 Å². The molecule has 1 aromatic carbocycles. The van der Waals surface area contributed by atoms with Crippen molar-refractivity contribution in [2.45, 2.75) is 39.5 Å². The summed E-state index contributed by atoms with van der Waals surface area (Å²) in [5.74, 6) is 0.554. The van der Waals surface area contributed by atoms with Gasteiger partial charge in [0.2, 0.25) is 0 Å². The molecule has 2 heteroatoms. The maximum atomic E-state index is 5.62. The molecule has 0 saturated heterocycles. The normalized spacial score (nSPS) is 11.4. The summed E-state index contributed by atoms with van der Waals surface area (Å²) in [6, 6.07) is 8.82. The molecule has 0 aliphatic carbocycles. The quantitative estimate of drug-likeness (QED) is 0.890. The van der Waals surface area contributed by atoms with Crippen molar-refractivity contribution >= 4 is 10.9 Å². The molecule has 0 fully saturated rings. The van der Waals surface area contributed by atoms with Crippen LogP contribution in [-0.2, 0) is 6.42 Å². The fourth-order valence-electron chi connectivity index (χ4n) is 2.32. The lowest BCUT2D eigenvalue weighted by Crippen LogP contribution is -2.02. The third-order valence-corrected chi connectivity index (χ3v) is 3.36. The lowest BCUT2D eigenvalue weighted by molar-refractivity contribution is 0.834. The van der Waals surface area contributed by atoms with E-state index < -0.39 is 0 Å². The van der Waals surface area contributed by atoms with Crippen LogP contribution in [0.25, 0.3) is 10.9 Å². The van der Waals surface area contributed by atoms with Crippen molar-refractivity contribution in [1.82, 2.24) is 4.98 Å². The van der Waals surface area contributed by atoms with Crippen molar-refractivity contribution in [2.75, 3.05) is 6.54 Å². The molecule has 2 aromatic rings. The molecule has 0 radical (unpaired) electrons. The number of hydrogen-bond donors (Lipinski definition) is 1. The van der Waals surface area contributed by atoms with Crippen LogP contribution in [0.4, 0.5) is 0 Å². The zero-order valence-corrected chi connectivity index (χ0v) is 11.5. The number of nitrogens with two attached hydrogens (primary N) is 1. The zero-order valence-electron chi connectivity index (χ0n) is 11.5. The van der Waals surface area contributed by atoms with E-state index in [1.807, 2.05) is 0 Å². The molecule has 0 amide bonds. The average molecular weight is 242 g/mol. The standard InChI is InChI=1S/C16H22N2/c1-11(2)13-6-7-16-15(10-13)14(5-4-8-17)9-12(3)18-16/h6-7,9-11H,4-5,8,17H2,1-3H3. The lowest BCUT2D eigenvalue weighted by Gasteiger charge is -2.11. The Hall–Kier alpha value is -1.41. The molecule has 18 heavy (non-hydrogen) atoms. The van der Waals surface area contributed by atoms with E-state index in [0.29, 0.717) is 5.92 Å². The second-order valence-corrected chi connectivity index (χ2v) is 5.25. The van der Waals surface area contributed by atoms with Crippen molar-refractivity contribution in [1.29, 1.82) is 0 Å². The summed E-state index contributed by atoms with van der Waals surface area (Å²) in [7, 11) is 0. The zero-order chi connectivity index (χ0) is 13.1. The topological polar surface area (TPSA) is 38.9 Å². The van der Waals surface area contributed by atoms with E-state index in [4.69, 9.17) is 5.73 Å². The van der Waals surface area contributed by atoms with E-state index in [-0.39, 0.29) is 0 Å². The van der Waals surface area contributed by atoms with Gasteiger partial charge in [0.15, 0.2) is 0 Å². The molecule has 0 aliphatic heterocycles. The minimum Gasteiger partial charge on any atom is -0.330 e. The summed E-state index contributed by atoms with van der Waals surface area (Å²) in [6.07, 6.45) is 2.07. The van der Waals surface area contributed by atoms with Crippen LogP contribution in [-0.4, -0.2) is 11.5 Å². The number of hydrogen-bond acceptors (Lipinski definition) is 2. The third-order valence-electron chi connectivity index (χ3n) is 3.36. The van der Waals surface area contributed by atoms with Gasteiger partial charge in [-0.1, -0.05) is 19.9 Å². The maximum absolute atomic E-state index is 5.62. The maximum Gasteiger partial charge on any atom is 0.0708 e. The monoisotopic (exact) mass is 242 g/mol. The molecule has 0 unspecified atom stereocenters. The summed E-state index contributed by atoms with van der Waals surface area (Å²) >= 11 is 0. The molecule has 2 N–H and O–H groups in total. The summed E-state index contributed by atoms with van der Waals surface area (Å²) < 4.78 is 0. The van der Waals surface area contributed by atoms with Gasteiger partial charge < -0.3 is 5.73 Å². The molecular weight excluding hydrogens is 220 g/mol. The Kier molecular flexibility index (Phi) is 3.97. The minimum atomic E-state index is 0.554. The molecule has 0 spiro atoms. The van der Waals surface area contributed by atoms with Crippen molar-refractivity contribution in [3.63, 3.8) is 0 Å². The highest BCUT2D eigenvalue weighted by Crippen LogP contribution is 2.24. The summed E-state index contributed by atoms with van der Waals surface area (Å²) in [5.41, 5.74) is 10.6. The largest absolute Gasteiger partial charge is 0.330 e. The third kappa shape index (κ3) is 2.70. The highest BCUT2D eigenvalue weighted by Gasteiger charge is 2.06. The molecule has 1 heterocycles. The second-order valence-electron chi connectivity index (χ2n) is 5.25. The van der Waals surface area contributed by atoms with E-state index >= 15 is 0 Å². The van der Waals surface area contributed by atoms with Gasteiger partial charge in [0.25, 0.3) is 0 Å². The fourth-order valence-corrected chi connectivity index (χ4v) is 2.32. The Bertz CT molecular complexity index is 544. The van der Waals surface area contributed by atoms with Gasteiger partial charge in [-0.2, -0.15) is 0 Å². The van der Waals surface area contributed by atoms with E-state index in [2.05, 4.69) is 50.0 Å². The predicted octanol–water partition coefficient (Wildman–Crippen LogP) is 3.56. The Balaban J connectivity index is 2.54. The number of nitrogens with zero attached hydrogens (tertiary/aromatic N) is 1. The van der Waals surface area contributed by atoms with E-state index in [0.717, 1.165) is 30.6 Å². The molecule has 1 aromatic heterocycles. The second kappa shape index (κ2) is 5.49. The molecule has 0 aliphatic rings. The Morgan fingerprint density at radius 2 is 2.00 bits per heavy atom. The van der Waals surface area contributed by atoms with E-state index in [9.17, 15) is 0 Å². The molecule has 0 saturated carbocycles. The Morgan fingerprint density at radius 3 is 2.67 bits per heavy atom. The summed E-state index contributed by atoms with van der Waals surface area (Å²) in [5, 5.41) is 1.29. The van der Waals surface area contributed by atoms with Gasteiger partial charge in [-0.05, 0) is 61.6 Å². The number of aryl methyl sites for hydroxylation is 2. The first-order valence-electron chi connectivity index (χ1n) is 6.72. The molecular formula is C16H22N2. The van der Waals surface area contributed by atoms with Crippen LogP contribution in [0, 0.1) is 6.92 Å². The van der Waals surface area contributed by atoms with Crippen LogP contribution in [0.15, 0.2) is 24.3 Å². The van der Waals surface area contributed by atoms with Gasteiger partial charge in [-0.3, -0.25) is 4.98 Å². The minimum absolute atomic E-state index is 0.554. The first kappa shape index (κ1) is 13.0. The van der Waals surface area contributed by atoms with Gasteiger partial charge in [0, 0.05) is 11.1 Å². The molecule has 96 valence electrons. The van der Waals surface area contributed by atoms with Crippen molar-refractivity contribution in [3.8, 4) is 0 Å². The van der Waals surface area contributed by atoms with Crippen LogP contribution >= 0.6 is 0 Å². The Morgan fingerprint density at radius 1 is 1.22 bits per heavy atom. The number of fused-ring (bicyclic) bond motifs is 1. The smallest absolute Gasteiger partial charge is 0.0708 e. The average Bonchev–Trinajstić information content (AvgIpc) is 2.35. The van der Waals surface area contributed by atoms with Crippen LogP contribution < -0.4 is 5.73 Å². The summed E-state index contributed by atoms with van der Waals surface area (Å²) in [6.45, 7) is 7.25. The van der Waals surface area contributed by atoms with Gasteiger partial charge in [0.05, 0.1) is 5.52 Å². The van der Waals surface area contributed by atoms with Crippen LogP contribution in [0.3, 0.4) is 0 Å². The molecule has 0 atom stereocenters. The first-order valence-corrected chi connectivity index (χ1v) is 6.72. The highest BCUT2D eigenvalue weighted by molar-refractivity contribution is 5.83. The van der Waals surface area contributed by atoms with Gasteiger partial charge in [-0.25, -0.2) is 0 Å². The Labute approximate surface area is 109 Å². The van der Waals surface area contributed by atoms with Gasteiger partial charge in [0.1, 0.15) is 0 Å². The first-order chi connectivity index (χ1) is 8.61. The SMILES string of the molecule is Cc1cc(CCCN)c2cc(C(C)C)ccc2n1. The fraction of sp³-hybridized carbons (Fsp3) is 0.438. The van der Waals surface area contributed by atoms with Crippen molar-refractivity contribution in [3.05, 3.63) is 41.1 Å². The molecule has 2 nitrogen and oxygen atoms in total. The summed E-state index contributed by atoms with van der Waals surface area (Å²) in [4.78, 5) is 4.61.